The molecule has 96 valence electrons. The van der Waals surface area contributed by atoms with Crippen LogP contribution in [0.5, 0.6) is 0 Å². The molecular weight excluding hydrogens is 214 g/mol. The minimum Gasteiger partial charge on any atom is -0.395 e. The van der Waals surface area contributed by atoms with Crippen molar-refractivity contribution in [1.29, 1.82) is 0 Å². The molecule has 0 aliphatic rings. The summed E-state index contributed by atoms with van der Waals surface area (Å²) in [5.74, 6) is 0. The topological polar surface area (TPSA) is 52.5 Å². The Hall–Kier alpha value is -0.900. The van der Waals surface area contributed by atoms with E-state index in [1.165, 1.54) is 11.1 Å². The maximum Gasteiger partial charge on any atom is 0.0607 e. The number of aliphatic hydroxyl groups is 2. The van der Waals surface area contributed by atoms with E-state index in [0.717, 1.165) is 12.8 Å². The second kappa shape index (κ2) is 7.43. The zero-order valence-corrected chi connectivity index (χ0v) is 10.7. The highest BCUT2D eigenvalue weighted by Gasteiger charge is 2.09. The van der Waals surface area contributed by atoms with E-state index in [0.29, 0.717) is 6.04 Å². The minimum atomic E-state index is -0.206. The van der Waals surface area contributed by atoms with E-state index in [4.69, 9.17) is 10.2 Å². The predicted octanol–water partition coefficient (Wildman–Crippen LogP) is 1.26. The molecule has 17 heavy (non-hydrogen) atoms. The van der Waals surface area contributed by atoms with Crippen LogP contribution in [0.25, 0.3) is 0 Å². The van der Waals surface area contributed by atoms with Crippen LogP contribution in [-0.4, -0.2) is 35.5 Å². The summed E-state index contributed by atoms with van der Waals surface area (Å²) in [5.41, 5.74) is 2.61. The zero-order valence-electron chi connectivity index (χ0n) is 10.7. The highest BCUT2D eigenvalue weighted by molar-refractivity contribution is 5.21. The fourth-order valence-electron chi connectivity index (χ4n) is 1.79. The van der Waals surface area contributed by atoms with Gasteiger partial charge in [0.1, 0.15) is 0 Å². The Kier molecular flexibility index (Phi) is 6.19. The molecular formula is C14H23NO2. The van der Waals surface area contributed by atoms with Gasteiger partial charge in [-0.25, -0.2) is 0 Å². The Morgan fingerprint density at radius 2 is 1.71 bits per heavy atom. The number of nitrogens with one attached hydrogen (secondary N) is 1. The first kappa shape index (κ1) is 14.2. The number of aryl methyl sites for hydroxylation is 2. The van der Waals surface area contributed by atoms with Crippen LogP contribution in [0, 0.1) is 6.92 Å². The van der Waals surface area contributed by atoms with Crippen LogP contribution in [0.15, 0.2) is 24.3 Å². The van der Waals surface area contributed by atoms with Crippen molar-refractivity contribution in [2.45, 2.75) is 38.8 Å². The fourth-order valence-corrected chi connectivity index (χ4v) is 1.79. The van der Waals surface area contributed by atoms with Gasteiger partial charge in [0.05, 0.1) is 19.3 Å². The lowest BCUT2D eigenvalue weighted by Gasteiger charge is -2.19. The molecule has 0 heterocycles. The smallest absolute Gasteiger partial charge is 0.0607 e. The molecule has 0 radical (unpaired) electrons. The molecule has 3 N–H and O–H groups in total. The molecule has 1 rings (SSSR count). The first-order valence-electron chi connectivity index (χ1n) is 6.19. The minimum absolute atomic E-state index is 0.0224. The van der Waals surface area contributed by atoms with E-state index in [1.54, 1.807) is 0 Å². The van der Waals surface area contributed by atoms with Crippen molar-refractivity contribution in [2.24, 2.45) is 0 Å². The van der Waals surface area contributed by atoms with Crippen molar-refractivity contribution in [1.82, 2.24) is 5.32 Å². The molecule has 0 bridgehead atoms. The summed E-state index contributed by atoms with van der Waals surface area (Å²) >= 11 is 0. The van der Waals surface area contributed by atoms with Crippen molar-refractivity contribution in [3.05, 3.63) is 35.4 Å². The van der Waals surface area contributed by atoms with Crippen LogP contribution in [0.3, 0.4) is 0 Å². The number of rotatable bonds is 7. The van der Waals surface area contributed by atoms with Crippen molar-refractivity contribution in [3.63, 3.8) is 0 Å². The van der Waals surface area contributed by atoms with E-state index in [1.807, 2.05) is 0 Å². The average Bonchev–Trinajstić information content (AvgIpc) is 2.35. The van der Waals surface area contributed by atoms with Crippen LogP contribution in [0.2, 0.25) is 0 Å². The van der Waals surface area contributed by atoms with Gasteiger partial charge in [-0.3, -0.25) is 0 Å². The molecule has 0 amide bonds. The van der Waals surface area contributed by atoms with Gasteiger partial charge in [-0.2, -0.15) is 0 Å². The molecule has 0 saturated carbocycles. The normalized spacial score (nSPS) is 13.0. The maximum absolute atomic E-state index is 8.97. The van der Waals surface area contributed by atoms with E-state index in [-0.39, 0.29) is 19.3 Å². The second-order valence-corrected chi connectivity index (χ2v) is 4.65. The zero-order chi connectivity index (χ0) is 12.7. The molecule has 3 nitrogen and oxygen atoms in total. The molecule has 0 aromatic heterocycles. The van der Waals surface area contributed by atoms with Gasteiger partial charge in [-0.1, -0.05) is 29.8 Å². The molecule has 0 fully saturated rings. The Morgan fingerprint density at radius 1 is 1.12 bits per heavy atom. The Labute approximate surface area is 103 Å². The molecule has 1 atom stereocenters. The van der Waals surface area contributed by atoms with Crippen molar-refractivity contribution in [3.8, 4) is 0 Å². The maximum atomic E-state index is 8.97. The molecule has 0 spiro atoms. The first-order chi connectivity index (χ1) is 8.15. The first-order valence-corrected chi connectivity index (χ1v) is 6.19. The molecule has 1 aromatic carbocycles. The van der Waals surface area contributed by atoms with E-state index >= 15 is 0 Å². The van der Waals surface area contributed by atoms with Gasteiger partial charge in [-0.15, -0.1) is 0 Å². The molecule has 1 unspecified atom stereocenters. The summed E-state index contributed by atoms with van der Waals surface area (Å²) in [6.45, 7) is 4.12. The standard InChI is InChI=1S/C14H23NO2/c1-11-3-6-13(7-4-11)8-5-12(2)15-14(9-16)10-17/h3-4,6-7,12,14-17H,5,8-10H2,1-2H3. The molecule has 0 aliphatic heterocycles. The van der Waals surface area contributed by atoms with Gasteiger partial charge in [0.2, 0.25) is 0 Å². The van der Waals surface area contributed by atoms with E-state index in [9.17, 15) is 0 Å². The summed E-state index contributed by atoms with van der Waals surface area (Å²) in [5, 5.41) is 21.1. The van der Waals surface area contributed by atoms with Crippen LogP contribution >= 0.6 is 0 Å². The highest BCUT2D eigenvalue weighted by Crippen LogP contribution is 2.07. The lowest BCUT2D eigenvalue weighted by molar-refractivity contribution is 0.162. The third-order valence-electron chi connectivity index (χ3n) is 2.95. The monoisotopic (exact) mass is 237 g/mol. The molecule has 3 heteroatoms. The summed E-state index contributed by atoms with van der Waals surface area (Å²) in [7, 11) is 0. The SMILES string of the molecule is Cc1ccc(CCC(C)NC(CO)CO)cc1. The molecule has 0 aliphatic carbocycles. The van der Waals surface area contributed by atoms with Crippen molar-refractivity contribution < 1.29 is 10.2 Å². The van der Waals surface area contributed by atoms with Crippen molar-refractivity contribution in [2.75, 3.05) is 13.2 Å². The Bertz CT molecular complexity index is 307. The summed E-state index contributed by atoms with van der Waals surface area (Å²) in [6, 6.07) is 8.63. The van der Waals surface area contributed by atoms with Gasteiger partial charge in [-0.05, 0) is 32.3 Å². The summed E-state index contributed by atoms with van der Waals surface area (Å²) in [6.07, 6.45) is 2.01. The van der Waals surface area contributed by atoms with Crippen LogP contribution < -0.4 is 5.32 Å². The largest absolute Gasteiger partial charge is 0.395 e. The third-order valence-corrected chi connectivity index (χ3v) is 2.95. The summed E-state index contributed by atoms with van der Waals surface area (Å²) < 4.78 is 0. The number of hydrogen-bond acceptors (Lipinski definition) is 3. The Balaban J connectivity index is 2.32. The van der Waals surface area contributed by atoms with Gasteiger partial charge in [0, 0.05) is 6.04 Å². The number of hydrogen-bond donors (Lipinski definition) is 3. The third kappa shape index (κ3) is 5.31. The lowest BCUT2D eigenvalue weighted by Crippen LogP contribution is -2.41. The lowest BCUT2D eigenvalue weighted by atomic mass is 10.0. The van der Waals surface area contributed by atoms with Crippen LogP contribution in [0.4, 0.5) is 0 Å². The highest BCUT2D eigenvalue weighted by atomic mass is 16.3. The summed E-state index contributed by atoms with van der Waals surface area (Å²) in [4.78, 5) is 0. The molecule has 0 saturated heterocycles. The van der Waals surface area contributed by atoms with Gasteiger partial charge < -0.3 is 15.5 Å². The fraction of sp³-hybridized carbons (Fsp3) is 0.571. The van der Waals surface area contributed by atoms with E-state index in [2.05, 4.69) is 43.4 Å². The number of benzene rings is 1. The number of aliphatic hydroxyl groups excluding tert-OH is 2. The van der Waals surface area contributed by atoms with Crippen LogP contribution in [0.1, 0.15) is 24.5 Å². The second-order valence-electron chi connectivity index (χ2n) is 4.65. The van der Waals surface area contributed by atoms with Gasteiger partial charge in [0.15, 0.2) is 0 Å². The quantitative estimate of drug-likeness (QED) is 0.669. The van der Waals surface area contributed by atoms with Gasteiger partial charge in [0.25, 0.3) is 0 Å². The van der Waals surface area contributed by atoms with Crippen LogP contribution in [-0.2, 0) is 6.42 Å². The predicted molar refractivity (Wildman–Crippen MR) is 70.1 cm³/mol. The average molecular weight is 237 g/mol. The van der Waals surface area contributed by atoms with E-state index < -0.39 is 0 Å². The van der Waals surface area contributed by atoms with Crippen molar-refractivity contribution >= 4 is 0 Å². The molecule has 1 aromatic rings. The Morgan fingerprint density at radius 3 is 2.24 bits per heavy atom. The van der Waals surface area contributed by atoms with Gasteiger partial charge >= 0.3 is 0 Å².